The van der Waals surface area contributed by atoms with Crippen molar-refractivity contribution in [3.05, 3.63) is 70.3 Å². The summed E-state index contributed by atoms with van der Waals surface area (Å²) in [5.41, 5.74) is 4.26. The number of benzene rings is 2. The van der Waals surface area contributed by atoms with Gasteiger partial charge in [-0.1, -0.05) is 30.3 Å². The smallest absolute Gasteiger partial charge is 0.270 e. The van der Waals surface area contributed by atoms with Gasteiger partial charge in [0.05, 0.1) is 11.1 Å². The number of piperazine rings is 1. The van der Waals surface area contributed by atoms with Gasteiger partial charge in [0.15, 0.2) is 0 Å². The highest BCUT2D eigenvalue weighted by Crippen LogP contribution is 2.15. The fraction of sp³-hybridized carbons (Fsp3) is 0.300. The second-order valence-corrected chi connectivity index (χ2v) is 6.56. The molecule has 0 spiro atoms. The molecule has 0 aliphatic carbocycles. The van der Waals surface area contributed by atoms with Gasteiger partial charge < -0.3 is 4.90 Å². The Balaban J connectivity index is 1.38. The molecule has 1 saturated heterocycles. The van der Waals surface area contributed by atoms with Crippen LogP contribution in [0.2, 0.25) is 0 Å². The van der Waals surface area contributed by atoms with E-state index in [1.54, 1.807) is 12.1 Å². The second kappa shape index (κ2) is 9.61. The number of carbonyl (C=O) groups excluding carboxylic acids is 1. The van der Waals surface area contributed by atoms with E-state index in [1.165, 1.54) is 24.0 Å². The highest BCUT2D eigenvalue weighted by Gasteiger charge is 2.17. The number of amides is 1. The Morgan fingerprint density at radius 3 is 2.57 bits per heavy atom. The first-order valence-corrected chi connectivity index (χ1v) is 9.20. The number of carbonyl (C=O) groups is 1. The van der Waals surface area contributed by atoms with Gasteiger partial charge in [0.25, 0.3) is 5.69 Å². The largest absolute Gasteiger partial charge is 0.369 e. The SMILES string of the molecule is O=C(CCN1CCN(c2ccccc2)CC1)N/N=C\c1cccc([N+](=O)[O-])c1. The maximum Gasteiger partial charge on any atom is 0.270 e. The molecule has 0 radical (unpaired) electrons. The van der Waals surface area contributed by atoms with Crippen molar-refractivity contribution in [2.45, 2.75) is 6.42 Å². The fourth-order valence-corrected chi connectivity index (χ4v) is 3.08. The average molecular weight is 381 g/mol. The number of nitro groups is 1. The number of rotatable bonds is 7. The van der Waals surface area contributed by atoms with Gasteiger partial charge in [0, 0.05) is 62.5 Å². The number of nitrogens with one attached hydrogen (secondary N) is 1. The molecule has 0 saturated carbocycles. The molecule has 1 aliphatic rings. The van der Waals surface area contributed by atoms with Gasteiger partial charge in [0.1, 0.15) is 0 Å². The second-order valence-electron chi connectivity index (χ2n) is 6.56. The molecule has 146 valence electrons. The molecule has 1 amide bonds. The minimum absolute atomic E-state index is 0.00933. The molecule has 2 aromatic carbocycles. The Hall–Kier alpha value is -3.26. The zero-order chi connectivity index (χ0) is 19.8. The summed E-state index contributed by atoms with van der Waals surface area (Å²) in [5, 5.41) is 14.6. The van der Waals surface area contributed by atoms with Crippen molar-refractivity contribution in [2.24, 2.45) is 5.10 Å². The lowest BCUT2D eigenvalue weighted by molar-refractivity contribution is -0.384. The molecular formula is C20H23N5O3. The molecule has 3 rings (SSSR count). The topological polar surface area (TPSA) is 91.1 Å². The summed E-state index contributed by atoms with van der Waals surface area (Å²) in [6.07, 6.45) is 1.77. The average Bonchev–Trinajstić information content (AvgIpc) is 2.73. The Morgan fingerprint density at radius 1 is 1.11 bits per heavy atom. The van der Waals surface area contributed by atoms with Gasteiger partial charge in [-0.05, 0) is 12.1 Å². The van der Waals surface area contributed by atoms with Gasteiger partial charge in [-0.2, -0.15) is 5.10 Å². The first-order valence-electron chi connectivity index (χ1n) is 9.20. The summed E-state index contributed by atoms with van der Waals surface area (Å²) < 4.78 is 0. The van der Waals surface area contributed by atoms with E-state index in [0.717, 1.165) is 26.2 Å². The van der Waals surface area contributed by atoms with Crippen molar-refractivity contribution in [1.82, 2.24) is 10.3 Å². The van der Waals surface area contributed by atoms with Crippen molar-refractivity contribution >= 4 is 23.5 Å². The molecule has 2 aromatic rings. The molecule has 0 aromatic heterocycles. The number of hydrogen-bond donors (Lipinski definition) is 1. The minimum atomic E-state index is -0.465. The van der Waals surface area contributed by atoms with Crippen LogP contribution in [0.1, 0.15) is 12.0 Å². The zero-order valence-electron chi connectivity index (χ0n) is 15.5. The number of hydrogen-bond acceptors (Lipinski definition) is 6. The van der Waals surface area contributed by atoms with Crippen LogP contribution >= 0.6 is 0 Å². The lowest BCUT2D eigenvalue weighted by atomic mass is 10.2. The van der Waals surface area contributed by atoms with Crippen LogP contribution in [0.25, 0.3) is 0 Å². The number of nitro benzene ring substituents is 1. The van der Waals surface area contributed by atoms with E-state index in [1.807, 2.05) is 18.2 Å². The highest BCUT2D eigenvalue weighted by atomic mass is 16.6. The monoisotopic (exact) mass is 381 g/mol. The fourth-order valence-electron chi connectivity index (χ4n) is 3.08. The van der Waals surface area contributed by atoms with E-state index < -0.39 is 4.92 Å². The molecule has 8 heteroatoms. The van der Waals surface area contributed by atoms with Crippen LogP contribution in [0.5, 0.6) is 0 Å². The van der Waals surface area contributed by atoms with E-state index >= 15 is 0 Å². The van der Waals surface area contributed by atoms with Crippen molar-refractivity contribution in [1.29, 1.82) is 0 Å². The van der Waals surface area contributed by atoms with Crippen LogP contribution in [0, 0.1) is 10.1 Å². The van der Waals surface area contributed by atoms with Crippen molar-refractivity contribution in [3.63, 3.8) is 0 Å². The summed E-state index contributed by atoms with van der Waals surface area (Å²) in [6, 6.07) is 16.4. The van der Waals surface area contributed by atoms with E-state index in [0.29, 0.717) is 18.5 Å². The molecule has 1 N–H and O–H groups in total. The normalized spacial score (nSPS) is 14.9. The molecule has 28 heavy (non-hydrogen) atoms. The number of para-hydroxylation sites is 1. The third-order valence-electron chi connectivity index (χ3n) is 4.63. The summed E-state index contributed by atoms with van der Waals surface area (Å²) >= 11 is 0. The van der Waals surface area contributed by atoms with Crippen LogP contribution in [0.15, 0.2) is 59.7 Å². The first kappa shape index (κ1) is 19.5. The van der Waals surface area contributed by atoms with E-state index in [2.05, 4.69) is 32.5 Å². The van der Waals surface area contributed by atoms with E-state index in [4.69, 9.17) is 0 Å². The Kier molecular flexibility index (Phi) is 6.69. The quantitative estimate of drug-likeness (QED) is 0.451. The van der Waals surface area contributed by atoms with E-state index in [9.17, 15) is 14.9 Å². The van der Waals surface area contributed by atoms with Gasteiger partial charge in [0.2, 0.25) is 5.91 Å². The van der Waals surface area contributed by atoms with Gasteiger partial charge in [-0.15, -0.1) is 0 Å². The number of nitrogens with zero attached hydrogens (tertiary/aromatic N) is 4. The van der Waals surface area contributed by atoms with Crippen LogP contribution in [0.4, 0.5) is 11.4 Å². The lowest BCUT2D eigenvalue weighted by Gasteiger charge is -2.36. The van der Waals surface area contributed by atoms with Crippen LogP contribution in [0.3, 0.4) is 0 Å². The Bertz CT molecular complexity index is 833. The molecule has 0 atom stereocenters. The van der Waals surface area contributed by atoms with Crippen LogP contribution in [-0.4, -0.2) is 54.7 Å². The predicted octanol–water partition coefficient (Wildman–Crippen LogP) is 2.26. The van der Waals surface area contributed by atoms with Crippen LogP contribution < -0.4 is 10.3 Å². The molecular weight excluding hydrogens is 358 g/mol. The zero-order valence-corrected chi connectivity index (χ0v) is 15.5. The predicted molar refractivity (Wildman–Crippen MR) is 109 cm³/mol. The lowest BCUT2D eigenvalue weighted by Crippen LogP contribution is -2.47. The third-order valence-corrected chi connectivity index (χ3v) is 4.63. The third kappa shape index (κ3) is 5.62. The van der Waals surface area contributed by atoms with Gasteiger partial charge >= 0.3 is 0 Å². The molecule has 1 heterocycles. The summed E-state index contributed by atoms with van der Waals surface area (Å²) in [4.78, 5) is 26.9. The maximum absolute atomic E-state index is 12.0. The maximum atomic E-state index is 12.0. The molecule has 0 bridgehead atoms. The number of anilines is 1. The Morgan fingerprint density at radius 2 is 1.86 bits per heavy atom. The standard InChI is InChI=1S/C20H23N5O3/c26-20(22-21-16-17-5-4-8-19(15-17)25(27)28)9-10-23-11-13-24(14-12-23)18-6-2-1-3-7-18/h1-8,15-16H,9-14H2,(H,22,26)/b21-16-. The number of non-ortho nitro benzene ring substituents is 1. The molecule has 1 aliphatic heterocycles. The summed E-state index contributed by atoms with van der Waals surface area (Å²) in [6.45, 7) is 4.40. The molecule has 0 unspecified atom stereocenters. The van der Waals surface area contributed by atoms with Crippen LogP contribution in [-0.2, 0) is 4.79 Å². The highest BCUT2D eigenvalue weighted by molar-refractivity contribution is 5.83. The van der Waals surface area contributed by atoms with Gasteiger partial charge in [-0.3, -0.25) is 19.8 Å². The summed E-state index contributed by atoms with van der Waals surface area (Å²) in [7, 11) is 0. The van der Waals surface area contributed by atoms with Gasteiger partial charge in [-0.25, -0.2) is 5.43 Å². The number of hydrazone groups is 1. The first-order chi connectivity index (χ1) is 13.6. The summed E-state index contributed by atoms with van der Waals surface area (Å²) in [5.74, 6) is -0.174. The van der Waals surface area contributed by atoms with Crippen molar-refractivity contribution in [2.75, 3.05) is 37.6 Å². The molecule has 1 fully saturated rings. The Labute approximate surface area is 163 Å². The minimum Gasteiger partial charge on any atom is -0.369 e. The van der Waals surface area contributed by atoms with E-state index in [-0.39, 0.29) is 11.6 Å². The van der Waals surface area contributed by atoms with Crippen molar-refractivity contribution in [3.8, 4) is 0 Å². The molecule has 8 nitrogen and oxygen atoms in total. The van der Waals surface area contributed by atoms with Crippen molar-refractivity contribution < 1.29 is 9.72 Å².